The standard InChI is InChI=1S/C16H21ClN2O/c1-2-3-4-5-6-7-14-15(16(18)19-20-14)12-8-10-13(17)11-9-12/h8-11H,2-7H2,1H3,(H2,18,19). The highest BCUT2D eigenvalue weighted by Gasteiger charge is 2.15. The number of anilines is 1. The lowest BCUT2D eigenvalue weighted by molar-refractivity contribution is 0.381. The number of nitrogens with two attached hydrogens (primary N) is 1. The van der Waals surface area contributed by atoms with E-state index in [4.69, 9.17) is 21.9 Å². The van der Waals surface area contributed by atoms with Gasteiger partial charge in [0.15, 0.2) is 5.82 Å². The van der Waals surface area contributed by atoms with Crippen LogP contribution in [0.5, 0.6) is 0 Å². The molecular weight excluding hydrogens is 272 g/mol. The second-order valence-electron chi connectivity index (χ2n) is 5.04. The Balaban J connectivity index is 2.05. The minimum absolute atomic E-state index is 0.455. The number of halogens is 1. The highest BCUT2D eigenvalue weighted by molar-refractivity contribution is 6.30. The zero-order valence-corrected chi connectivity index (χ0v) is 12.6. The molecule has 2 N–H and O–H groups in total. The minimum atomic E-state index is 0.455. The SMILES string of the molecule is CCCCCCCc1onc(N)c1-c1ccc(Cl)cc1. The number of unbranched alkanes of at least 4 members (excludes halogenated alkanes) is 4. The minimum Gasteiger partial charge on any atom is -0.380 e. The summed E-state index contributed by atoms with van der Waals surface area (Å²) in [6.07, 6.45) is 7.03. The predicted molar refractivity (Wildman–Crippen MR) is 83.8 cm³/mol. The van der Waals surface area contributed by atoms with Crippen molar-refractivity contribution >= 4 is 17.4 Å². The van der Waals surface area contributed by atoms with Gasteiger partial charge in [0, 0.05) is 11.4 Å². The van der Waals surface area contributed by atoms with E-state index < -0.39 is 0 Å². The van der Waals surface area contributed by atoms with E-state index in [1.54, 1.807) is 0 Å². The van der Waals surface area contributed by atoms with E-state index in [0.29, 0.717) is 10.8 Å². The van der Waals surface area contributed by atoms with Crippen LogP contribution in [0, 0.1) is 0 Å². The molecule has 2 aromatic rings. The van der Waals surface area contributed by atoms with Gasteiger partial charge >= 0.3 is 0 Å². The molecule has 0 unspecified atom stereocenters. The first-order valence-electron chi connectivity index (χ1n) is 7.22. The molecule has 3 nitrogen and oxygen atoms in total. The smallest absolute Gasteiger partial charge is 0.175 e. The summed E-state index contributed by atoms with van der Waals surface area (Å²) < 4.78 is 5.38. The monoisotopic (exact) mass is 292 g/mol. The van der Waals surface area contributed by atoms with Gasteiger partial charge < -0.3 is 10.3 Å². The zero-order valence-electron chi connectivity index (χ0n) is 11.9. The van der Waals surface area contributed by atoms with Gasteiger partial charge in [0.25, 0.3) is 0 Å². The number of aromatic nitrogens is 1. The maximum Gasteiger partial charge on any atom is 0.175 e. The van der Waals surface area contributed by atoms with Gasteiger partial charge in [-0.15, -0.1) is 0 Å². The Hall–Kier alpha value is -1.48. The van der Waals surface area contributed by atoms with Gasteiger partial charge in [-0.3, -0.25) is 0 Å². The maximum atomic E-state index is 5.93. The van der Waals surface area contributed by atoms with Gasteiger partial charge in [0.2, 0.25) is 0 Å². The summed E-state index contributed by atoms with van der Waals surface area (Å²) in [5.41, 5.74) is 7.85. The molecule has 0 radical (unpaired) electrons. The van der Waals surface area contributed by atoms with Gasteiger partial charge in [-0.05, 0) is 24.1 Å². The summed E-state index contributed by atoms with van der Waals surface area (Å²) in [6, 6.07) is 7.61. The molecule has 0 atom stereocenters. The van der Waals surface area contributed by atoms with Crippen molar-refractivity contribution in [3.05, 3.63) is 35.0 Å². The van der Waals surface area contributed by atoms with Crippen molar-refractivity contribution in [2.24, 2.45) is 0 Å². The summed E-state index contributed by atoms with van der Waals surface area (Å²) in [7, 11) is 0. The van der Waals surface area contributed by atoms with Crippen LogP contribution in [0.2, 0.25) is 5.02 Å². The van der Waals surface area contributed by atoms with E-state index >= 15 is 0 Å². The summed E-state index contributed by atoms with van der Waals surface area (Å²) in [4.78, 5) is 0. The normalized spacial score (nSPS) is 10.9. The third kappa shape index (κ3) is 3.76. The predicted octanol–water partition coefficient (Wildman–Crippen LogP) is 5.09. The Morgan fingerprint density at radius 1 is 1.10 bits per heavy atom. The van der Waals surface area contributed by atoms with Crippen molar-refractivity contribution in [1.29, 1.82) is 0 Å². The molecule has 108 valence electrons. The maximum absolute atomic E-state index is 5.93. The number of hydrogen-bond donors (Lipinski definition) is 1. The van der Waals surface area contributed by atoms with E-state index in [9.17, 15) is 0 Å². The largest absolute Gasteiger partial charge is 0.380 e. The molecule has 2 rings (SSSR count). The quantitative estimate of drug-likeness (QED) is 0.723. The molecule has 0 aliphatic carbocycles. The fraction of sp³-hybridized carbons (Fsp3) is 0.438. The third-order valence-electron chi connectivity index (χ3n) is 3.43. The van der Waals surface area contributed by atoms with E-state index in [2.05, 4.69) is 12.1 Å². The van der Waals surface area contributed by atoms with Gasteiger partial charge in [0.05, 0.1) is 5.56 Å². The lowest BCUT2D eigenvalue weighted by atomic mass is 10.0. The zero-order chi connectivity index (χ0) is 14.4. The van der Waals surface area contributed by atoms with Crippen LogP contribution < -0.4 is 5.73 Å². The summed E-state index contributed by atoms with van der Waals surface area (Å²) in [5.74, 6) is 1.33. The number of benzene rings is 1. The second-order valence-corrected chi connectivity index (χ2v) is 5.47. The summed E-state index contributed by atoms with van der Waals surface area (Å²) >= 11 is 5.91. The molecule has 20 heavy (non-hydrogen) atoms. The van der Waals surface area contributed by atoms with E-state index in [1.807, 2.05) is 24.3 Å². The van der Waals surface area contributed by atoms with Crippen LogP contribution in [0.1, 0.15) is 44.8 Å². The molecule has 0 saturated heterocycles. The molecule has 1 heterocycles. The van der Waals surface area contributed by atoms with Crippen LogP contribution in [-0.2, 0) is 6.42 Å². The molecule has 0 aliphatic rings. The average Bonchev–Trinajstić information content (AvgIpc) is 2.81. The van der Waals surface area contributed by atoms with Crippen molar-refractivity contribution in [2.45, 2.75) is 45.4 Å². The highest BCUT2D eigenvalue weighted by atomic mass is 35.5. The summed E-state index contributed by atoms with van der Waals surface area (Å²) in [5, 5.41) is 4.61. The van der Waals surface area contributed by atoms with E-state index in [1.165, 1.54) is 25.7 Å². The molecule has 1 aromatic heterocycles. The first-order valence-corrected chi connectivity index (χ1v) is 7.60. The molecule has 0 saturated carbocycles. The first-order chi connectivity index (χ1) is 9.72. The topological polar surface area (TPSA) is 52.0 Å². The number of hydrogen-bond acceptors (Lipinski definition) is 3. The lowest BCUT2D eigenvalue weighted by Gasteiger charge is -2.03. The number of nitrogen functional groups attached to an aromatic ring is 1. The van der Waals surface area contributed by atoms with Crippen LogP contribution in [0.3, 0.4) is 0 Å². The molecule has 0 bridgehead atoms. The molecule has 1 aromatic carbocycles. The van der Waals surface area contributed by atoms with Gasteiger partial charge in [-0.25, -0.2) is 0 Å². The Morgan fingerprint density at radius 2 is 1.80 bits per heavy atom. The first kappa shape index (κ1) is 14.9. The van der Waals surface area contributed by atoms with Crippen molar-refractivity contribution in [3.8, 4) is 11.1 Å². The fourth-order valence-electron chi connectivity index (χ4n) is 2.32. The lowest BCUT2D eigenvalue weighted by Crippen LogP contribution is -1.91. The Kier molecular flexibility index (Phi) is 5.48. The number of aryl methyl sites for hydroxylation is 1. The third-order valence-corrected chi connectivity index (χ3v) is 3.68. The van der Waals surface area contributed by atoms with E-state index in [-0.39, 0.29) is 0 Å². The van der Waals surface area contributed by atoms with E-state index in [0.717, 1.165) is 29.7 Å². The fourth-order valence-corrected chi connectivity index (χ4v) is 2.45. The van der Waals surface area contributed by atoms with Crippen LogP contribution in [-0.4, -0.2) is 5.16 Å². The molecule has 0 amide bonds. The second kappa shape index (κ2) is 7.34. The van der Waals surface area contributed by atoms with Gasteiger partial charge in [-0.2, -0.15) is 0 Å². The van der Waals surface area contributed by atoms with Crippen LogP contribution in [0.4, 0.5) is 5.82 Å². The Bertz CT molecular complexity index is 534. The van der Waals surface area contributed by atoms with Crippen LogP contribution in [0.15, 0.2) is 28.8 Å². The van der Waals surface area contributed by atoms with Gasteiger partial charge in [0.1, 0.15) is 5.76 Å². The molecule has 0 fully saturated rings. The Labute approximate surface area is 125 Å². The number of rotatable bonds is 7. The van der Waals surface area contributed by atoms with Crippen LogP contribution in [0.25, 0.3) is 11.1 Å². The molecular formula is C16H21ClN2O. The van der Waals surface area contributed by atoms with Crippen molar-refractivity contribution < 1.29 is 4.52 Å². The van der Waals surface area contributed by atoms with Crippen molar-refractivity contribution in [1.82, 2.24) is 5.16 Å². The highest BCUT2D eigenvalue weighted by Crippen LogP contribution is 2.31. The summed E-state index contributed by atoms with van der Waals surface area (Å²) in [6.45, 7) is 2.22. The number of nitrogens with zero attached hydrogens (tertiary/aromatic N) is 1. The molecule has 0 aliphatic heterocycles. The molecule has 4 heteroatoms. The van der Waals surface area contributed by atoms with Crippen LogP contribution >= 0.6 is 11.6 Å². The molecule has 0 spiro atoms. The van der Waals surface area contributed by atoms with Gasteiger partial charge in [-0.1, -0.05) is 61.5 Å². The Morgan fingerprint density at radius 3 is 2.50 bits per heavy atom. The van der Waals surface area contributed by atoms with Crippen molar-refractivity contribution in [2.75, 3.05) is 5.73 Å². The average molecular weight is 293 g/mol. The van der Waals surface area contributed by atoms with Crippen molar-refractivity contribution in [3.63, 3.8) is 0 Å².